The Morgan fingerprint density at radius 3 is 3.00 bits per heavy atom. The highest BCUT2D eigenvalue weighted by molar-refractivity contribution is 7.15. The second kappa shape index (κ2) is 5.40. The summed E-state index contributed by atoms with van der Waals surface area (Å²) in [5, 5.41) is 8.85. The molecular formula is C13H16N4S2. The predicted molar refractivity (Wildman–Crippen MR) is 80.1 cm³/mol. The number of imidazole rings is 1. The highest BCUT2D eigenvalue weighted by Gasteiger charge is 2.11. The zero-order valence-corrected chi connectivity index (χ0v) is 12.6. The lowest BCUT2D eigenvalue weighted by Gasteiger charge is -2.05. The van der Waals surface area contributed by atoms with Crippen molar-refractivity contribution in [1.82, 2.24) is 19.7 Å². The smallest absolute Gasteiger partial charge is 0.194 e. The van der Waals surface area contributed by atoms with E-state index in [4.69, 9.17) is 0 Å². The van der Waals surface area contributed by atoms with Crippen LogP contribution in [-0.2, 0) is 13.0 Å². The monoisotopic (exact) mass is 292 g/mol. The highest BCUT2D eigenvalue weighted by Crippen LogP contribution is 2.20. The Balaban J connectivity index is 1.65. The fraction of sp³-hybridized carbons (Fsp3) is 0.385. The molecule has 0 saturated carbocycles. The van der Waals surface area contributed by atoms with Gasteiger partial charge >= 0.3 is 0 Å². The van der Waals surface area contributed by atoms with E-state index in [-0.39, 0.29) is 0 Å². The van der Waals surface area contributed by atoms with Gasteiger partial charge in [0.05, 0.1) is 16.4 Å². The predicted octanol–water partition coefficient (Wildman–Crippen LogP) is 2.80. The Morgan fingerprint density at radius 1 is 1.32 bits per heavy atom. The first kappa shape index (κ1) is 12.8. The molecule has 0 saturated heterocycles. The first-order valence-electron chi connectivity index (χ1n) is 6.27. The number of aromatic nitrogens is 3. The molecule has 0 spiro atoms. The summed E-state index contributed by atoms with van der Waals surface area (Å²) < 4.78 is 2.25. The van der Waals surface area contributed by atoms with Gasteiger partial charge < -0.3 is 5.32 Å². The molecule has 0 aliphatic heterocycles. The number of nitrogens with zero attached hydrogens (tertiary/aromatic N) is 3. The Kier molecular flexibility index (Phi) is 3.63. The quantitative estimate of drug-likeness (QED) is 0.735. The van der Waals surface area contributed by atoms with Crippen molar-refractivity contribution in [2.45, 2.75) is 26.8 Å². The molecule has 0 amide bonds. The first-order valence-corrected chi connectivity index (χ1v) is 8.03. The lowest BCUT2D eigenvalue weighted by Crippen LogP contribution is -2.18. The van der Waals surface area contributed by atoms with E-state index in [1.165, 1.54) is 16.4 Å². The standard InChI is InChI=1S/C13H16N4S2/c1-9-8-19-13-16-10(2)11(17(9)13)7-14-4-3-12-15-5-6-18-12/h5-6,8,14H,3-4,7H2,1-2H3. The number of aryl methyl sites for hydroxylation is 2. The Labute approximate surface area is 120 Å². The lowest BCUT2D eigenvalue weighted by molar-refractivity contribution is 0.665. The molecule has 0 fully saturated rings. The topological polar surface area (TPSA) is 42.2 Å². The summed E-state index contributed by atoms with van der Waals surface area (Å²) in [4.78, 5) is 9.97. The third-order valence-electron chi connectivity index (χ3n) is 3.12. The van der Waals surface area contributed by atoms with Crippen LogP contribution in [0.4, 0.5) is 0 Å². The molecule has 0 radical (unpaired) electrons. The third-order valence-corrected chi connectivity index (χ3v) is 4.90. The SMILES string of the molecule is Cc1nc2scc(C)n2c1CNCCc1nccs1. The van der Waals surface area contributed by atoms with Gasteiger partial charge in [0.15, 0.2) is 4.96 Å². The lowest BCUT2D eigenvalue weighted by atomic mass is 10.3. The molecular weight excluding hydrogens is 276 g/mol. The largest absolute Gasteiger partial charge is 0.311 e. The van der Waals surface area contributed by atoms with Gasteiger partial charge in [-0.2, -0.15) is 0 Å². The van der Waals surface area contributed by atoms with E-state index < -0.39 is 0 Å². The molecule has 4 nitrogen and oxygen atoms in total. The summed E-state index contributed by atoms with van der Waals surface area (Å²) in [6.45, 7) is 6.01. The average Bonchev–Trinajstić information content (AvgIpc) is 3.07. The van der Waals surface area contributed by atoms with Gasteiger partial charge in [-0.3, -0.25) is 4.40 Å². The van der Waals surface area contributed by atoms with Crippen LogP contribution >= 0.6 is 22.7 Å². The zero-order valence-electron chi connectivity index (χ0n) is 11.0. The van der Waals surface area contributed by atoms with Gasteiger partial charge in [-0.1, -0.05) is 0 Å². The number of thiazole rings is 2. The van der Waals surface area contributed by atoms with Crippen LogP contribution in [0.25, 0.3) is 4.96 Å². The molecule has 3 heterocycles. The summed E-state index contributed by atoms with van der Waals surface area (Å²) in [6.07, 6.45) is 2.85. The summed E-state index contributed by atoms with van der Waals surface area (Å²) in [5.41, 5.74) is 3.65. The molecule has 1 N–H and O–H groups in total. The number of hydrogen-bond donors (Lipinski definition) is 1. The maximum Gasteiger partial charge on any atom is 0.194 e. The molecule has 100 valence electrons. The average molecular weight is 292 g/mol. The van der Waals surface area contributed by atoms with Crippen LogP contribution in [0.2, 0.25) is 0 Å². The van der Waals surface area contributed by atoms with Gasteiger partial charge in [0, 0.05) is 42.2 Å². The van der Waals surface area contributed by atoms with Crippen LogP contribution in [0.5, 0.6) is 0 Å². The summed E-state index contributed by atoms with van der Waals surface area (Å²) in [5.74, 6) is 0. The van der Waals surface area contributed by atoms with Gasteiger partial charge in [-0.15, -0.1) is 22.7 Å². The van der Waals surface area contributed by atoms with Crippen LogP contribution in [0.15, 0.2) is 17.0 Å². The van der Waals surface area contributed by atoms with E-state index in [9.17, 15) is 0 Å². The maximum atomic E-state index is 4.59. The minimum absolute atomic E-state index is 0.857. The fourth-order valence-electron chi connectivity index (χ4n) is 2.15. The number of nitrogens with one attached hydrogen (secondary N) is 1. The highest BCUT2D eigenvalue weighted by atomic mass is 32.1. The van der Waals surface area contributed by atoms with Crippen LogP contribution < -0.4 is 5.32 Å². The molecule has 0 aliphatic carbocycles. The molecule has 0 bridgehead atoms. The van der Waals surface area contributed by atoms with Gasteiger partial charge in [0.25, 0.3) is 0 Å². The van der Waals surface area contributed by atoms with Crippen molar-refractivity contribution in [2.24, 2.45) is 0 Å². The normalized spacial score (nSPS) is 11.5. The van der Waals surface area contributed by atoms with Crippen molar-refractivity contribution in [3.63, 3.8) is 0 Å². The van der Waals surface area contributed by atoms with E-state index in [0.717, 1.165) is 30.2 Å². The van der Waals surface area contributed by atoms with Crippen molar-refractivity contribution in [1.29, 1.82) is 0 Å². The Hall–Kier alpha value is -1.24. The molecule has 0 aromatic carbocycles. The number of fused-ring (bicyclic) bond motifs is 1. The Morgan fingerprint density at radius 2 is 2.21 bits per heavy atom. The molecule has 3 aromatic rings. The molecule has 6 heteroatoms. The van der Waals surface area contributed by atoms with Gasteiger partial charge in [-0.05, 0) is 13.8 Å². The van der Waals surface area contributed by atoms with Crippen molar-refractivity contribution in [3.05, 3.63) is 39.0 Å². The second-order valence-electron chi connectivity index (χ2n) is 4.49. The van der Waals surface area contributed by atoms with E-state index in [1.54, 1.807) is 22.7 Å². The molecule has 0 atom stereocenters. The van der Waals surface area contributed by atoms with Crippen molar-refractivity contribution < 1.29 is 0 Å². The molecule has 0 aliphatic rings. The van der Waals surface area contributed by atoms with Crippen LogP contribution in [0.1, 0.15) is 22.1 Å². The van der Waals surface area contributed by atoms with E-state index in [2.05, 4.69) is 38.9 Å². The molecule has 3 rings (SSSR count). The fourth-order valence-corrected chi connectivity index (χ4v) is 3.71. The maximum absolute atomic E-state index is 4.59. The van der Waals surface area contributed by atoms with Crippen molar-refractivity contribution in [2.75, 3.05) is 6.54 Å². The van der Waals surface area contributed by atoms with E-state index >= 15 is 0 Å². The first-order chi connectivity index (χ1) is 9.25. The summed E-state index contributed by atoms with van der Waals surface area (Å²) >= 11 is 3.42. The molecule has 0 unspecified atom stereocenters. The minimum Gasteiger partial charge on any atom is -0.311 e. The van der Waals surface area contributed by atoms with Crippen LogP contribution in [0.3, 0.4) is 0 Å². The van der Waals surface area contributed by atoms with Crippen LogP contribution in [-0.4, -0.2) is 20.9 Å². The van der Waals surface area contributed by atoms with Gasteiger partial charge in [0.2, 0.25) is 0 Å². The van der Waals surface area contributed by atoms with E-state index in [1.807, 2.05) is 11.6 Å². The van der Waals surface area contributed by atoms with Crippen LogP contribution in [0, 0.1) is 13.8 Å². The molecule has 3 aromatic heterocycles. The summed E-state index contributed by atoms with van der Waals surface area (Å²) in [6, 6.07) is 0. The Bertz CT molecular complexity index is 666. The van der Waals surface area contributed by atoms with Crippen molar-refractivity contribution in [3.8, 4) is 0 Å². The molecule has 19 heavy (non-hydrogen) atoms. The van der Waals surface area contributed by atoms with Gasteiger partial charge in [0.1, 0.15) is 0 Å². The second-order valence-corrected chi connectivity index (χ2v) is 6.31. The number of hydrogen-bond acceptors (Lipinski definition) is 5. The van der Waals surface area contributed by atoms with Crippen molar-refractivity contribution >= 4 is 27.6 Å². The zero-order chi connectivity index (χ0) is 13.2. The third kappa shape index (κ3) is 2.56. The minimum atomic E-state index is 0.857. The number of rotatable bonds is 5. The summed E-state index contributed by atoms with van der Waals surface area (Å²) in [7, 11) is 0. The van der Waals surface area contributed by atoms with Gasteiger partial charge in [-0.25, -0.2) is 9.97 Å². The van der Waals surface area contributed by atoms with E-state index in [0.29, 0.717) is 0 Å².